The number of phenolic OH excluding ortho intramolecular Hbond substituents is 1. The van der Waals surface area contributed by atoms with E-state index in [1.165, 1.54) is 38.3 Å². The summed E-state index contributed by atoms with van der Waals surface area (Å²) in [7, 11) is -2.21. The quantitative estimate of drug-likeness (QED) is 0.555. The number of benzene rings is 1. The molecule has 1 aromatic carbocycles. The Kier molecular flexibility index (Phi) is 5.91. The van der Waals surface area contributed by atoms with Gasteiger partial charge in [-0.3, -0.25) is 10.1 Å². The fourth-order valence-corrected chi connectivity index (χ4v) is 3.36. The molecule has 1 aromatic heterocycles. The zero-order chi connectivity index (χ0) is 19.3. The Hall–Kier alpha value is -2.97. The first kappa shape index (κ1) is 19.4. The van der Waals surface area contributed by atoms with Crippen molar-refractivity contribution in [3.63, 3.8) is 0 Å². The first-order valence-corrected chi connectivity index (χ1v) is 9.60. The maximum absolute atomic E-state index is 12.2. The smallest absolute Gasteiger partial charge is 0.268 e. The number of methoxy groups -OCH3 is 1. The van der Waals surface area contributed by atoms with Crippen molar-refractivity contribution in [2.24, 2.45) is 0 Å². The van der Waals surface area contributed by atoms with Crippen LogP contribution < -0.4 is 10.1 Å². The van der Waals surface area contributed by atoms with Crippen molar-refractivity contribution in [1.29, 1.82) is 5.26 Å². The van der Waals surface area contributed by atoms with Crippen molar-refractivity contribution in [1.82, 2.24) is 9.36 Å². The number of anilines is 1. The topological polar surface area (TPSA) is 142 Å². The van der Waals surface area contributed by atoms with Gasteiger partial charge in [0.25, 0.3) is 11.1 Å². The van der Waals surface area contributed by atoms with E-state index in [0.717, 1.165) is 0 Å². The number of carbonyl (C=O) groups excluding carboxylic acids is 1. The van der Waals surface area contributed by atoms with E-state index in [1.807, 2.05) is 0 Å². The summed E-state index contributed by atoms with van der Waals surface area (Å²) in [6, 6.07) is 6.07. The summed E-state index contributed by atoms with van der Waals surface area (Å²) in [6.45, 7) is 1.46. The van der Waals surface area contributed by atoms with Gasteiger partial charge in [0.15, 0.2) is 11.5 Å². The minimum Gasteiger partial charge on any atom is -0.504 e. The van der Waals surface area contributed by atoms with Crippen LogP contribution in [0.5, 0.6) is 11.5 Å². The zero-order valence-corrected chi connectivity index (χ0v) is 15.4. The molecule has 0 spiro atoms. The van der Waals surface area contributed by atoms with Crippen LogP contribution in [0.1, 0.15) is 12.5 Å². The largest absolute Gasteiger partial charge is 0.504 e. The lowest BCUT2D eigenvalue weighted by Gasteiger charge is -2.04. The highest BCUT2D eigenvalue weighted by Gasteiger charge is 2.20. The van der Waals surface area contributed by atoms with Crippen LogP contribution in [0.25, 0.3) is 6.08 Å². The third-order valence-corrected chi connectivity index (χ3v) is 5.41. The van der Waals surface area contributed by atoms with Gasteiger partial charge >= 0.3 is 0 Å². The van der Waals surface area contributed by atoms with Crippen LogP contribution in [0.3, 0.4) is 0 Å². The summed E-state index contributed by atoms with van der Waals surface area (Å²) < 4.78 is 32.0. The maximum Gasteiger partial charge on any atom is 0.268 e. The summed E-state index contributed by atoms with van der Waals surface area (Å²) in [5.41, 5.74) is 0.214. The Balaban J connectivity index is 2.23. The van der Waals surface area contributed by atoms with Gasteiger partial charge in [-0.05, 0) is 23.8 Å². The van der Waals surface area contributed by atoms with Crippen LogP contribution in [0.2, 0.25) is 0 Å². The minimum atomic E-state index is -3.58. The highest BCUT2D eigenvalue weighted by molar-refractivity contribution is 7.91. The predicted octanol–water partition coefficient (Wildman–Crippen LogP) is 1.59. The predicted molar refractivity (Wildman–Crippen MR) is 94.5 cm³/mol. The molecule has 0 radical (unpaired) electrons. The van der Waals surface area contributed by atoms with Crippen molar-refractivity contribution >= 4 is 38.5 Å². The van der Waals surface area contributed by atoms with E-state index in [-0.39, 0.29) is 33.1 Å². The van der Waals surface area contributed by atoms with E-state index in [0.29, 0.717) is 17.1 Å². The number of hydrogen-bond acceptors (Lipinski definition) is 9. The van der Waals surface area contributed by atoms with E-state index >= 15 is 0 Å². The Morgan fingerprint density at radius 1 is 1.50 bits per heavy atom. The standard InChI is InChI=1S/C15H14N4O5S2/c1-3-26(22,23)15-18-14(25-19-15)17-13(21)10(8-16)6-9-4-5-11(20)12(7-9)24-2/h4-7,20H,3H2,1-2H3,(H,17,18,19,21)/b10-6-. The van der Waals surface area contributed by atoms with Crippen LogP contribution in [0.15, 0.2) is 28.9 Å². The van der Waals surface area contributed by atoms with Gasteiger partial charge in [-0.1, -0.05) is 13.0 Å². The van der Waals surface area contributed by atoms with Crippen LogP contribution in [-0.2, 0) is 14.6 Å². The van der Waals surface area contributed by atoms with Crippen LogP contribution in [0.4, 0.5) is 5.13 Å². The van der Waals surface area contributed by atoms with Crippen LogP contribution >= 0.6 is 11.5 Å². The molecule has 2 N–H and O–H groups in total. The van der Waals surface area contributed by atoms with Gasteiger partial charge in [0.2, 0.25) is 15.0 Å². The molecule has 0 unspecified atom stereocenters. The highest BCUT2D eigenvalue weighted by atomic mass is 32.2. The Labute approximate surface area is 153 Å². The van der Waals surface area contributed by atoms with Gasteiger partial charge < -0.3 is 9.84 Å². The van der Waals surface area contributed by atoms with Gasteiger partial charge in [0.1, 0.15) is 11.6 Å². The van der Waals surface area contributed by atoms with Gasteiger partial charge in [-0.25, -0.2) is 8.42 Å². The molecule has 26 heavy (non-hydrogen) atoms. The van der Waals surface area contributed by atoms with E-state index < -0.39 is 15.7 Å². The Morgan fingerprint density at radius 3 is 2.85 bits per heavy atom. The summed E-state index contributed by atoms with van der Waals surface area (Å²) in [4.78, 5) is 16.0. The average Bonchev–Trinajstić information content (AvgIpc) is 3.10. The lowest BCUT2D eigenvalue weighted by molar-refractivity contribution is -0.112. The van der Waals surface area contributed by atoms with Crippen molar-refractivity contribution in [2.45, 2.75) is 12.1 Å². The third kappa shape index (κ3) is 4.35. The van der Waals surface area contributed by atoms with Crippen LogP contribution in [-0.4, -0.2) is 41.7 Å². The summed E-state index contributed by atoms with van der Waals surface area (Å²) >= 11 is 0.700. The second kappa shape index (κ2) is 7.94. The van der Waals surface area contributed by atoms with Crippen molar-refractivity contribution < 1.29 is 23.1 Å². The number of nitriles is 1. The molecule has 0 fully saturated rings. The Morgan fingerprint density at radius 2 is 2.23 bits per heavy atom. The van der Waals surface area contributed by atoms with Gasteiger partial charge in [0.05, 0.1) is 12.9 Å². The summed E-state index contributed by atoms with van der Waals surface area (Å²) in [5, 5.41) is 20.7. The van der Waals surface area contributed by atoms with E-state index in [1.54, 1.807) is 6.07 Å². The summed E-state index contributed by atoms with van der Waals surface area (Å²) in [6.07, 6.45) is 1.29. The van der Waals surface area contributed by atoms with Crippen molar-refractivity contribution in [2.75, 3.05) is 18.2 Å². The lowest BCUT2D eigenvalue weighted by atomic mass is 10.1. The molecule has 0 saturated heterocycles. The molecule has 0 aliphatic rings. The first-order chi connectivity index (χ1) is 12.3. The van der Waals surface area contributed by atoms with Crippen LogP contribution in [0, 0.1) is 11.3 Å². The van der Waals surface area contributed by atoms with Gasteiger partial charge in [-0.15, -0.1) is 0 Å². The molecule has 0 aliphatic heterocycles. The van der Waals surface area contributed by atoms with Gasteiger partial charge in [-0.2, -0.15) is 14.6 Å². The van der Waals surface area contributed by atoms with E-state index in [9.17, 15) is 23.6 Å². The normalized spacial score (nSPS) is 11.7. The zero-order valence-electron chi connectivity index (χ0n) is 13.8. The van der Waals surface area contributed by atoms with Crippen molar-refractivity contribution in [3.05, 3.63) is 29.3 Å². The molecule has 0 atom stereocenters. The second-order valence-electron chi connectivity index (χ2n) is 4.84. The average molecular weight is 394 g/mol. The number of amides is 1. The number of phenols is 1. The maximum atomic E-state index is 12.2. The summed E-state index contributed by atoms with van der Waals surface area (Å²) in [5.74, 6) is -0.819. The molecule has 2 rings (SSSR count). The fourth-order valence-electron chi connectivity index (χ4n) is 1.78. The molecule has 9 nitrogen and oxygen atoms in total. The number of sulfone groups is 1. The number of carbonyl (C=O) groups is 1. The number of ether oxygens (including phenoxy) is 1. The molecule has 1 heterocycles. The van der Waals surface area contributed by atoms with Gasteiger partial charge in [0, 0.05) is 11.5 Å². The lowest BCUT2D eigenvalue weighted by Crippen LogP contribution is -2.13. The van der Waals surface area contributed by atoms with E-state index in [4.69, 9.17) is 4.74 Å². The molecule has 136 valence electrons. The third-order valence-electron chi connectivity index (χ3n) is 3.17. The highest BCUT2D eigenvalue weighted by Crippen LogP contribution is 2.27. The van der Waals surface area contributed by atoms with Crippen molar-refractivity contribution in [3.8, 4) is 17.6 Å². The second-order valence-corrected chi connectivity index (χ2v) is 7.76. The first-order valence-electron chi connectivity index (χ1n) is 7.17. The minimum absolute atomic E-state index is 0.0357. The molecule has 0 saturated carbocycles. The monoisotopic (exact) mass is 394 g/mol. The number of rotatable bonds is 6. The molecule has 0 aliphatic carbocycles. The molecule has 11 heteroatoms. The van der Waals surface area contributed by atoms with E-state index in [2.05, 4.69) is 14.7 Å². The molecular formula is C15H14N4O5S2. The number of aromatic nitrogens is 2. The molecule has 2 aromatic rings. The Bertz CT molecular complexity index is 1010. The SMILES string of the molecule is CCS(=O)(=O)c1nsc(NC(=O)/C(C#N)=C\c2ccc(O)c(OC)c2)n1. The number of hydrogen-bond donors (Lipinski definition) is 2. The fraction of sp³-hybridized carbons (Fsp3) is 0.200. The molecule has 1 amide bonds. The number of aromatic hydroxyl groups is 1. The number of nitrogens with zero attached hydrogens (tertiary/aromatic N) is 3. The molecule has 0 bridgehead atoms. The molecular weight excluding hydrogens is 380 g/mol. The number of nitrogens with one attached hydrogen (secondary N) is 1.